The van der Waals surface area contributed by atoms with Gasteiger partial charge in [-0.1, -0.05) is 51.6 Å². The van der Waals surface area contributed by atoms with Gasteiger partial charge in [-0.05, 0) is 37.1 Å². The number of benzene rings is 2. The number of carbonyl (C=O) groups is 1. The van der Waals surface area contributed by atoms with Crippen LogP contribution in [0.25, 0.3) is 22.3 Å². The van der Waals surface area contributed by atoms with Crippen molar-refractivity contribution in [2.75, 3.05) is 13.2 Å². The van der Waals surface area contributed by atoms with Gasteiger partial charge in [0.25, 0.3) is 0 Å². The monoisotopic (exact) mass is 392 g/mol. The summed E-state index contributed by atoms with van der Waals surface area (Å²) in [7, 11) is 0. The second kappa shape index (κ2) is 8.56. The molecule has 0 atom stereocenters. The Bertz CT molecular complexity index is 1030. The highest BCUT2D eigenvalue weighted by molar-refractivity contribution is 5.87. The number of hydrogen-bond acceptors (Lipinski definition) is 4. The van der Waals surface area contributed by atoms with Crippen LogP contribution in [-0.2, 0) is 16.0 Å². The lowest BCUT2D eigenvalue weighted by atomic mass is 9.96. The van der Waals surface area contributed by atoms with Gasteiger partial charge in [0.05, 0.1) is 13.2 Å². The number of aryl methyl sites for hydroxylation is 1. The number of carbonyl (C=O) groups excluding carboxylic acids is 1. The van der Waals surface area contributed by atoms with Crippen molar-refractivity contribution in [1.82, 2.24) is 0 Å². The minimum atomic E-state index is -0.380. The van der Waals surface area contributed by atoms with Crippen molar-refractivity contribution in [1.29, 1.82) is 0 Å². The fourth-order valence-electron chi connectivity index (χ4n) is 3.01. The van der Waals surface area contributed by atoms with Crippen molar-refractivity contribution in [3.05, 3.63) is 66.2 Å². The highest BCUT2D eigenvalue weighted by atomic mass is 16.5. The van der Waals surface area contributed by atoms with Crippen molar-refractivity contribution in [2.45, 2.75) is 34.1 Å². The van der Waals surface area contributed by atoms with Crippen LogP contribution in [0.4, 0.5) is 0 Å². The van der Waals surface area contributed by atoms with Gasteiger partial charge in [-0.3, -0.25) is 0 Å². The maximum absolute atomic E-state index is 11.6. The maximum atomic E-state index is 11.6. The van der Waals surface area contributed by atoms with E-state index in [4.69, 9.17) is 13.9 Å². The van der Waals surface area contributed by atoms with Crippen LogP contribution in [0.1, 0.15) is 33.3 Å². The summed E-state index contributed by atoms with van der Waals surface area (Å²) >= 11 is 0. The number of rotatable bonds is 8. The molecule has 0 spiro atoms. The van der Waals surface area contributed by atoms with E-state index in [2.05, 4.69) is 31.7 Å². The third-order valence-corrected chi connectivity index (χ3v) is 4.73. The molecule has 1 aromatic heterocycles. The standard InChI is InChI=1S/C25H28O4/c1-6-18-9-7-8-10-21(18)23-13-19-11-12-20(14-22(19)29-23)27-15-25(4,5)16-28-24(26)17(2)3/h7-14H,2,6,15-16H2,1,3-5H3. The van der Waals surface area contributed by atoms with E-state index < -0.39 is 0 Å². The lowest BCUT2D eigenvalue weighted by Gasteiger charge is -2.24. The molecule has 0 fully saturated rings. The fraction of sp³-hybridized carbons (Fsp3) is 0.320. The van der Waals surface area contributed by atoms with E-state index in [1.807, 2.05) is 44.2 Å². The molecule has 0 aliphatic heterocycles. The van der Waals surface area contributed by atoms with Crippen LogP contribution in [0.2, 0.25) is 0 Å². The molecule has 0 amide bonds. The molecule has 0 saturated heterocycles. The normalized spacial score (nSPS) is 11.4. The second-order valence-electron chi connectivity index (χ2n) is 8.13. The summed E-state index contributed by atoms with van der Waals surface area (Å²) in [4.78, 5) is 11.6. The van der Waals surface area contributed by atoms with E-state index in [1.54, 1.807) is 6.92 Å². The Morgan fingerprint density at radius 2 is 1.86 bits per heavy atom. The van der Waals surface area contributed by atoms with E-state index in [9.17, 15) is 4.79 Å². The molecule has 1 heterocycles. The van der Waals surface area contributed by atoms with Gasteiger partial charge in [0.2, 0.25) is 0 Å². The predicted molar refractivity (Wildman–Crippen MR) is 116 cm³/mol. The lowest BCUT2D eigenvalue weighted by Crippen LogP contribution is -2.28. The molecular weight excluding hydrogens is 364 g/mol. The van der Waals surface area contributed by atoms with Crippen molar-refractivity contribution >= 4 is 16.9 Å². The van der Waals surface area contributed by atoms with Gasteiger partial charge in [0.1, 0.15) is 17.1 Å². The Balaban J connectivity index is 1.71. The average molecular weight is 392 g/mol. The topological polar surface area (TPSA) is 48.7 Å². The Hall–Kier alpha value is -3.01. The third kappa shape index (κ3) is 5.08. The minimum absolute atomic E-state index is 0.264. The van der Waals surface area contributed by atoms with Crippen LogP contribution in [0.3, 0.4) is 0 Å². The Labute approximate surface area is 172 Å². The molecule has 4 nitrogen and oxygen atoms in total. The van der Waals surface area contributed by atoms with Crippen molar-refractivity contribution in [3.63, 3.8) is 0 Å². The SMILES string of the molecule is C=C(C)C(=O)OCC(C)(C)COc1ccc2cc(-c3ccccc3CC)oc2c1. The van der Waals surface area contributed by atoms with Crippen molar-refractivity contribution in [3.8, 4) is 17.1 Å². The molecule has 0 N–H and O–H groups in total. The molecule has 0 unspecified atom stereocenters. The van der Waals surface area contributed by atoms with E-state index in [0.717, 1.165) is 34.5 Å². The Morgan fingerprint density at radius 1 is 1.10 bits per heavy atom. The highest BCUT2D eigenvalue weighted by Gasteiger charge is 2.22. The third-order valence-electron chi connectivity index (χ3n) is 4.73. The van der Waals surface area contributed by atoms with E-state index in [0.29, 0.717) is 12.2 Å². The zero-order valence-electron chi connectivity index (χ0n) is 17.6. The smallest absolute Gasteiger partial charge is 0.333 e. The van der Waals surface area contributed by atoms with Crippen LogP contribution in [0.5, 0.6) is 5.75 Å². The van der Waals surface area contributed by atoms with E-state index in [1.165, 1.54) is 5.56 Å². The first-order chi connectivity index (χ1) is 13.8. The molecule has 0 aliphatic carbocycles. The molecule has 2 aromatic carbocycles. The van der Waals surface area contributed by atoms with Gasteiger partial charge in [-0.25, -0.2) is 4.79 Å². The summed E-state index contributed by atoms with van der Waals surface area (Å²) in [5, 5.41) is 1.04. The van der Waals surface area contributed by atoms with Crippen LogP contribution >= 0.6 is 0 Å². The average Bonchev–Trinajstić information content (AvgIpc) is 3.13. The first-order valence-electron chi connectivity index (χ1n) is 9.86. The zero-order valence-corrected chi connectivity index (χ0v) is 17.6. The van der Waals surface area contributed by atoms with Gasteiger partial charge in [-0.2, -0.15) is 0 Å². The van der Waals surface area contributed by atoms with Crippen molar-refractivity contribution in [2.24, 2.45) is 5.41 Å². The molecule has 3 aromatic rings. The molecule has 4 heteroatoms. The number of esters is 1. The summed E-state index contributed by atoms with van der Waals surface area (Å²) in [6.45, 7) is 12.0. The molecule has 0 saturated carbocycles. The van der Waals surface area contributed by atoms with Crippen molar-refractivity contribution < 1.29 is 18.7 Å². The molecule has 3 rings (SSSR count). The molecule has 29 heavy (non-hydrogen) atoms. The maximum Gasteiger partial charge on any atom is 0.333 e. The summed E-state index contributed by atoms with van der Waals surface area (Å²) in [5.41, 5.74) is 3.23. The largest absolute Gasteiger partial charge is 0.493 e. The van der Waals surface area contributed by atoms with Gasteiger partial charge >= 0.3 is 5.97 Å². The number of hydrogen-bond donors (Lipinski definition) is 0. The number of furan rings is 1. The first kappa shape index (κ1) is 20.7. The number of ether oxygens (including phenoxy) is 2. The van der Waals surface area contributed by atoms with E-state index >= 15 is 0 Å². The molecule has 0 aliphatic rings. The van der Waals surface area contributed by atoms with Gasteiger partial charge in [0.15, 0.2) is 0 Å². The van der Waals surface area contributed by atoms with Gasteiger partial charge in [-0.15, -0.1) is 0 Å². The van der Waals surface area contributed by atoms with E-state index in [-0.39, 0.29) is 18.0 Å². The Kier molecular flexibility index (Phi) is 6.12. The zero-order chi connectivity index (χ0) is 21.0. The summed E-state index contributed by atoms with van der Waals surface area (Å²) in [6.07, 6.45) is 0.951. The molecule has 0 radical (unpaired) electrons. The van der Waals surface area contributed by atoms with Gasteiger partial charge < -0.3 is 13.9 Å². The van der Waals surface area contributed by atoms with Crippen LogP contribution < -0.4 is 4.74 Å². The molecule has 0 bridgehead atoms. The lowest BCUT2D eigenvalue weighted by molar-refractivity contribution is -0.142. The molecular formula is C25H28O4. The van der Waals surface area contributed by atoms with Crippen LogP contribution in [-0.4, -0.2) is 19.2 Å². The summed E-state index contributed by atoms with van der Waals surface area (Å²) < 4.78 is 17.3. The van der Waals surface area contributed by atoms with Gasteiger partial charge in [0, 0.05) is 28.0 Å². The predicted octanol–water partition coefficient (Wildman–Crippen LogP) is 6.19. The Morgan fingerprint density at radius 3 is 2.59 bits per heavy atom. The minimum Gasteiger partial charge on any atom is -0.493 e. The number of fused-ring (bicyclic) bond motifs is 1. The summed E-state index contributed by atoms with van der Waals surface area (Å²) in [6, 6.07) is 16.2. The second-order valence-corrected chi connectivity index (χ2v) is 8.13. The summed E-state index contributed by atoms with van der Waals surface area (Å²) in [5.74, 6) is 1.21. The highest BCUT2D eigenvalue weighted by Crippen LogP contribution is 2.32. The molecule has 152 valence electrons. The fourth-order valence-corrected chi connectivity index (χ4v) is 3.01. The first-order valence-corrected chi connectivity index (χ1v) is 9.86. The van der Waals surface area contributed by atoms with Crippen LogP contribution in [0.15, 0.2) is 65.1 Å². The van der Waals surface area contributed by atoms with Crippen LogP contribution in [0, 0.1) is 5.41 Å². The quantitative estimate of drug-likeness (QED) is 0.339.